The molecule has 1 unspecified atom stereocenters. The van der Waals surface area contributed by atoms with Crippen LogP contribution >= 0.6 is 11.6 Å². The lowest BCUT2D eigenvalue weighted by molar-refractivity contribution is 0.0952. The van der Waals surface area contributed by atoms with Gasteiger partial charge in [-0.2, -0.15) is 5.10 Å². The zero-order valence-electron chi connectivity index (χ0n) is 14.7. The summed E-state index contributed by atoms with van der Waals surface area (Å²) in [6, 6.07) is 18.0. The number of benzene rings is 2. The normalized spacial score (nSPS) is 11.9. The molecule has 4 nitrogen and oxygen atoms in total. The predicted octanol–water partition coefficient (Wildman–Crippen LogP) is 4.51. The molecule has 1 N–H and O–H groups in total. The van der Waals surface area contributed by atoms with E-state index in [1.165, 1.54) is 5.56 Å². The fourth-order valence-corrected chi connectivity index (χ4v) is 3.02. The minimum absolute atomic E-state index is 0.101. The summed E-state index contributed by atoms with van der Waals surface area (Å²) >= 11 is 6.17. The number of amides is 1. The highest BCUT2D eigenvalue weighted by atomic mass is 35.5. The molecule has 5 heteroatoms. The molecule has 0 spiro atoms. The lowest BCUT2D eigenvalue weighted by Crippen LogP contribution is -2.25. The molecular weight excluding hydrogens is 346 g/mol. The van der Waals surface area contributed by atoms with Crippen molar-refractivity contribution >= 4 is 17.5 Å². The summed E-state index contributed by atoms with van der Waals surface area (Å²) in [5.41, 5.74) is 2.82. The Balaban J connectivity index is 1.51. The Morgan fingerprint density at radius 1 is 1.15 bits per heavy atom. The molecule has 2 aromatic carbocycles. The van der Waals surface area contributed by atoms with E-state index in [1.807, 2.05) is 42.5 Å². The fraction of sp³-hybridized carbons (Fsp3) is 0.238. The Bertz CT molecular complexity index is 860. The van der Waals surface area contributed by atoms with Gasteiger partial charge >= 0.3 is 0 Å². The molecule has 26 heavy (non-hydrogen) atoms. The van der Waals surface area contributed by atoms with Crippen LogP contribution in [-0.2, 0) is 6.54 Å². The Kier molecular flexibility index (Phi) is 6.08. The monoisotopic (exact) mass is 367 g/mol. The highest BCUT2D eigenvalue weighted by Gasteiger charge is 2.11. The van der Waals surface area contributed by atoms with E-state index in [4.69, 9.17) is 11.6 Å². The summed E-state index contributed by atoms with van der Waals surface area (Å²) in [6.45, 7) is 3.34. The summed E-state index contributed by atoms with van der Waals surface area (Å²) in [6.07, 6.45) is 4.23. The molecule has 3 aromatic rings. The van der Waals surface area contributed by atoms with E-state index in [-0.39, 0.29) is 5.91 Å². The molecule has 1 aromatic heterocycles. The largest absolute Gasteiger partial charge is 0.352 e. The Morgan fingerprint density at radius 3 is 2.65 bits per heavy atom. The summed E-state index contributed by atoms with van der Waals surface area (Å²) in [4.78, 5) is 12.3. The van der Waals surface area contributed by atoms with Gasteiger partial charge in [-0.1, -0.05) is 67.1 Å². The first-order valence-electron chi connectivity index (χ1n) is 8.72. The van der Waals surface area contributed by atoms with E-state index < -0.39 is 0 Å². The molecule has 3 rings (SSSR count). The van der Waals surface area contributed by atoms with Crippen LogP contribution in [0.3, 0.4) is 0 Å². The molecule has 0 saturated carbocycles. The van der Waals surface area contributed by atoms with E-state index in [1.54, 1.807) is 17.1 Å². The van der Waals surface area contributed by atoms with Crippen LogP contribution in [0.5, 0.6) is 0 Å². The van der Waals surface area contributed by atoms with E-state index >= 15 is 0 Å². The lowest BCUT2D eigenvalue weighted by atomic mass is 9.98. The van der Waals surface area contributed by atoms with Crippen LogP contribution in [0.1, 0.15) is 40.7 Å². The van der Waals surface area contributed by atoms with Crippen molar-refractivity contribution in [1.82, 2.24) is 15.1 Å². The topological polar surface area (TPSA) is 46.9 Å². The second-order valence-corrected chi connectivity index (χ2v) is 6.78. The Hall–Kier alpha value is -2.59. The molecule has 0 radical (unpaired) electrons. The van der Waals surface area contributed by atoms with Crippen molar-refractivity contribution < 1.29 is 4.79 Å². The minimum atomic E-state index is -0.101. The average Bonchev–Trinajstić information content (AvgIpc) is 3.13. The first-order chi connectivity index (χ1) is 12.6. The van der Waals surface area contributed by atoms with Gasteiger partial charge in [0, 0.05) is 17.8 Å². The molecule has 0 aliphatic rings. The molecule has 0 saturated heterocycles. The van der Waals surface area contributed by atoms with Gasteiger partial charge < -0.3 is 5.32 Å². The van der Waals surface area contributed by atoms with Gasteiger partial charge in [0.1, 0.15) is 0 Å². The van der Waals surface area contributed by atoms with Crippen LogP contribution in [0, 0.1) is 0 Å². The number of carbonyl (C=O) groups is 1. The highest BCUT2D eigenvalue weighted by molar-refractivity contribution is 6.31. The summed E-state index contributed by atoms with van der Waals surface area (Å²) in [5, 5.41) is 7.93. The van der Waals surface area contributed by atoms with E-state index in [2.05, 4.69) is 29.5 Å². The maximum absolute atomic E-state index is 12.3. The minimum Gasteiger partial charge on any atom is -0.352 e. The molecule has 0 aliphatic heterocycles. The number of carbonyl (C=O) groups excluding carboxylic acids is 1. The van der Waals surface area contributed by atoms with Gasteiger partial charge in [-0.25, -0.2) is 0 Å². The maximum Gasteiger partial charge on any atom is 0.254 e. The average molecular weight is 368 g/mol. The van der Waals surface area contributed by atoms with E-state index in [0.717, 1.165) is 12.0 Å². The molecule has 1 atom stereocenters. The van der Waals surface area contributed by atoms with Crippen molar-refractivity contribution in [2.45, 2.75) is 25.8 Å². The van der Waals surface area contributed by atoms with Gasteiger partial charge in [-0.05, 0) is 29.5 Å². The first-order valence-corrected chi connectivity index (χ1v) is 9.10. The zero-order chi connectivity index (χ0) is 18.4. The number of hydrogen-bond acceptors (Lipinski definition) is 2. The van der Waals surface area contributed by atoms with E-state index in [9.17, 15) is 4.79 Å². The third-order valence-corrected chi connectivity index (χ3v) is 4.79. The maximum atomic E-state index is 12.3. The van der Waals surface area contributed by atoms with Crippen molar-refractivity contribution in [3.63, 3.8) is 0 Å². The quantitative estimate of drug-likeness (QED) is 0.667. The second kappa shape index (κ2) is 8.68. The molecule has 134 valence electrons. The standard InChI is InChI=1S/C21H22ClN3O/c1-16(17-7-3-2-4-8-17)11-12-23-21(26)19-13-24-25(15-19)14-18-9-5-6-10-20(18)22/h2-10,13,15-16H,11-12,14H2,1H3,(H,23,26). The number of rotatable bonds is 7. The van der Waals surface area contributed by atoms with Crippen LogP contribution in [0.4, 0.5) is 0 Å². The molecule has 1 heterocycles. The lowest BCUT2D eigenvalue weighted by Gasteiger charge is -2.12. The number of nitrogens with one attached hydrogen (secondary N) is 1. The van der Waals surface area contributed by atoms with Gasteiger partial charge in [-0.15, -0.1) is 0 Å². The summed E-state index contributed by atoms with van der Waals surface area (Å²) in [7, 11) is 0. The van der Waals surface area contributed by atoms with Crippen LogP contribution in [-0.4, -0.2) is 22.2 Å². The van der Waals surface area contributed by atoms with Crippen LogP contribution < -0.4 is 5.32 Å². The molecule has 0 fully saturated rings. The van der Waals surface area contributed by atoms with Gasteiger partial charge in [0.25, 0.3) is 5.91 Å². The fourth-order valence-electron chi connectivity index (χ4n) is 2.82. The highest BCUT2D eigenvalue weighted by Crippen LogP contribution is 2.18. The molecule has 0 aliphatic carbocycles. The number of nitrogens with zero attached hydrogens (tertiary/aromatic N) is 2. The van der Waals surface area contributed by atoms with Crippen LogP contribution in [0.25, 0.3) is 0 Å². The van der Waals surface area contributed by atoms with E-state index in [0.29, 0.717) is 29.6 Å². The van der Waals surface area contributed by atoms with Crippen molar-refractivity contribution in [3.05, 3.63) is 88.7 Å². The van der Waals surface area contributed by atoms with Crippen LogP contribution in [0.15, 0.2) is 67.0 Å². The van der Waals surface area contributed by atoms with Crippen LogP contribution in [0.2, 0.25) is 5.02 Å². The number of hydrogen-bond donors (Lipinski definition) is 1. The van der Waals surface area contributed by atoms with Gasteiger partial charge in [0.05, 0.1) is 18.3 Å². The number of aromatic nitrogens is 2. The van der Waals surface area contributed by atoms with Crippen molar-refractivity contribution in [2.24, 2.45) is 0 Å². The third-order valence-electron chi connectivity index (χ3n) is 4.42. The molecular formula is C21H22ClN3O. The third kappa shape index (κ3) is 4.73. The van der Waals surface area contributed by atoms with Crippen molar-refractivity contribution in [3.8, 4) is 0 Å². The van der Waals surface area contributed by atoms with Gasteiger partial charge in [0.2, 0.25) is 0 Å². The van der Waals surface area contributed by atoms with Gasteiger partial charge in [-0.3, -0.25) is 9.48 Å². The van der Waals surface area contributed by atoms with Crippen molar-refractivity contribution in [1.29, 1.82) is 0 Å². The summed E-state index contributed by atoms with van der Waals surface area (Å²) < 4.78 is 1.72. The smallest absolute Gasteiger partial charge is 0.254 e. The first kappa shape index (κ1) is 18.2. The van der Waals surface area contributed by atoms with Crippen molar-refractivity contribution in [2.75, 3.05) is 6.54 Å². The Labute approximate surface area is 158 Å². The van der Waals surface area contributed by atoms with Gasteiger partial charge in [0.15, 0.2) is 0 Å². The SMILES string of the molecule is CC(CCNC(=O)c1cnn(Cc2ccccc2Cl)c1)c1ccccc1. The predicted molar refractivity (Wildman–Crippen MR) is 105 cm³/mol. The Morgan fingerprint density at radius 2 is 1.88 bits per heavy atom. The zero-order valence-corrected chi connectivity index (χ0v) is 15.5. The number of halogens is 1. The summed E-state index contributed by atoms with van der Waals surface area (Å²) in [5.74, 6) is 0.301. The molecule has 0 bridgehead atoms. The molecule has 1 amide bonds. The second-order valence-electron chi connectivity index (χ2n) is 6.37.